The molecule has 0 unspecified atom stereocenters. The molecule has 2 fully saturated rings. The van der Waals surface area contributed by atoms with Gasteiger partial charge in [0.05, 0.1) is 10.0 Å². The number of carbonyl (C=O) groups excluding carboxylic acids is 2. The SMILES string of the molecule is O=C(Nc1csc(Cl)c1)C(=O)N1CC(N2CC(F)C2)C1. The molecule has 2 amide bonds. The van der Waals surface area contributed by atoms with Gasteiger partial charge in [0.15, 0.2) is 0 Å². The Morgan fingerprint density at radius 1 is 1.35 bits per heavy atom. The Bertz CT molecular complexity index is 541. The number of carbonyl (C=O) groups is 2. The van der Waals surface area contributed by atoms with Gasteiger partial charge < -0.3 is 10.2 Å². The quantitative estimate of drug-likeness (QED) is 0.834. The van der Waals surface area contributed by atoms with Gasteiger partial charge in [-0.25, -0.2) is 4.39 Å². The van der Waals surface area contributed by atoms with Crippen molar-refractivity contribution in [2.75, 3.05) is 31.5 Å². The molecule has 108 valence electrons. The van der Waals surface area contributed by atoms with Gasteiger partial charge in [-0.05, 0) is 6.07 Å². The normalized spacial score (nSPS) is 20.4. The molecule has 0 aromatic carbocycles. The van der Waals surface area contributed by atoms with Gasteiger partial charge in [-0.2, -0.15) is 0 Å². The number of amides is 2. The Morgan fingerprint density at radius 2 is 2.05 bits per heavy atom. The lowest BCUT2D eigenvalue weighted by Gasteiger charge is -2.49. The van der Waals surface area contributed by atoms with E-state index in [1.54, 1.807) is 11.4 Å². The summed E-state index contributed by atoms with van der Waals surface area (Å²) in [5, 5.41) is 4.19. The molecule has 5 nitrogen and oxygen atoms in total. The van der Waals surface area contributed by atoms with Crippen LogP contribution in [0.3, 0.4) is 0 Å². The first-order chi connectivity index (χ1) is 9.52. The van der Waals surface area contributed by atoms with Gasteiger partial charge in [-0.1, -0.05) is 11.6 Å². The summed E-state index contributed by atoms with van der Waals surface area (Å²) >= 11 is 7.03. The maximum atomic E-state index is 12.7. The smallest absolute Gasteiger partial charge is 0.313 e. The van der Waals surface area contributed by atoms with Gasteiger partial charge in [0.1, 0.15) is 6.17 Å². The number of nitrogens with one attached hydrogen (secondary N) is 1. The van der Waals surface area contributed by atoms with Crippen molar-refractivity contribution >= 4 is 40.4 Å². The van der Waals surface area contributed by atoms with Crippen LogP contribution >= 0.6 is 22.9 Å². The number of nitrogens with zero attached hydrogens (tertiary/aromatic N) is 2. The number of likely N-dealkylation sites (tertiary alicyclic amines) is 2. The molecular formula is C12H13ClFN3O2S. The van der Waals surface area contributed by atoms with E-state index in [0.29, 0.717) is 36.2 Å². The predicted molar refractivity (Wildman–Crippen MR) is 74.8 cm³/mol. The third-order valence-electron chi connectivity index (χ3n) is 3.55. The van der Waals surface area contributed by atoms with E-state index in [-0.39, 0.29) is 6.04 Å². The molecule has 0 spiro atoms. The van der Waals surface area contributed by atoms with Crippen LogP contribution in [0.15, 0.2) is 11.4 Å². The standard InChI is InChI=1S/C12H13ClFN3O2S/c13-10-1-8(6-20-10)15-11(18)12(19)17-4-9(5-17)16-2-7(14)3-16/h1,6-7,9H,2-5H2,(H,15,18). The Labute approximate surface area is 124 Å². The lowest BCUT2D eigenvalue weighted by atomic mass is 10.0. The summed E-state index contributed by atoms with van der Waals surface area (Å²) in [4.78, 5) is 27.1. The summed E-state index contributed by atoms with van der Waals surface area (Å²) in [6.07, 6.45) is -0.744. The Kier molecular flexibility index (Phi) is 3.66. The molecule has 2 aliphatic rings. The maximum absolute atomic E-state index is 12.7. The van der Waals surface area contributed by atoms with Gasteiger partial charge in [0.25, 0.3) is 0 Å². The van der Waals surface area contributed by atoms with E-state index in [4.69, 9.17) is 11.6 Å². The van der Waals surface area contributed by atoms with Crippen molar-refractivity contribution in [3.05, 3.63) is 15.8 Å². The summed E-state index contributed by atoms with van der Waals surface area (Å²) in [5.41, 5.74) is 0.526. The van der Waals surface area contributed by atoms with Crippen LogP contribution in [-0.2, 0) is 9.59 Å². The molecule has 3 heterocycles. The summed E-state index contributed by atoms with van der Waals surface area (Å²) < 4.78 is 13.3. The fourth-order valence-corrected chi connectivity index (χ4v) is 3.12. The number of anilines is 1. The highest BCUT2D eigenvalue weighted by Crippen LogP contribution is 2.25. The monoisotopic (exact) mass is 317 g/mol. The molecule has 0 saturated carbocycles. The lowest BCUT2D eigenvalue weighted by Crippen LogP contribution is -2.67. The first-order valence-corrected chi connectivity index (χ1v) is 7.51. The third-order valence-corrected chi connectivity index (χ3v) is 4.64. The number of hydrogen-bond acceptors (Lipinski definition) is 4. The van der Waals surface area contributed by atoms with Crippen LogP contribution in [0.2, 0.25) is 4.34 Å². The molecule has 3 rings (SSSR count). The highest BCUT2D eigenvalue weighted by atomic mass is 35.5. The molecule has 0 aliphatic carbocycles. The number of alkyl halides is 1. The maximum Gasteiger partial charge on any atom is 0.313 e. The summed E-state index contributed by atoms with van der Waals surface area (Å²) in [6, 6.07) is 1.78. The minimum absolute atomic E-state index is 0.189. The van der Waals surface area contributed by atoms with Gasteiger partial charge in [0.2, 0.25) is 0 Å². The summed E-state index contributed by atoms with van der Waals surface area (Å²) in [7, 11) is 0. The van der Waals surface area contributed by atoms with Gasteiger partial charge >= 0.3 is 11.8 Å². The molecule has 8 heteroatoms. The van der Waals surface area contributed by atoms with E-state index in [2.05, 4.69) is 5.32 Å². The zero-order valence-corrected chi connectivity index (χ0v) is 12.1. The number of rotatable bonds is 2. The zero-order valence-electron chi connectivity index (χ0n) is 10.5. The summed E-state index contributed by atoms with van der Waals surface area (Å²) in [5.74, 6) is -1.22. The molecule has 1 aromatic heterocycles. The predicted octanol–water partition coefficient (Wildman–Crippen LogP) is 1.20. The Balaban J connectivity index is 1.46. The van der Waals surface area contributed by atoms with Crippen molar-refractivity contribution in [1.29, 1.82) is 0 Å². The van der Waals surface area contributed by atoms with Crippen LogP contribution in [0.4, 0.5) is 10.1 Å². The molecule has 1 N–H and O–H groups in total. The van der Waals surface area contributed by atoms with Crippen LogP contribution in [0, 0.1) is 0 Å². The highest BCUT2D eigenvalue weighted by Gasteiger charge is 2.41. The van der Waals surface area contributed by atoms with Crippen LogP contribution in [0.5, 0.6) is 0 Å². The minimum Gasteiger partial charge on any atom is -0.331 e. The molecular weight excluding hydrogens is 305 g/mol. The van der Waals surface area contributed by atoms with E-state index < -0.39 is 18.0 Å². The van der Waals surface area contributed by atoms with Crippen LogP contribution < -0.4 is 5.32 Å². The van der Waals surface area contributed by atoms with E-state index >= 15 is 0 Å². The Morgan fingerprint density at radius 3 is 2.60 bits per heavy atom. The highest BCUT2D eigenvalue weighted by molar-refractivity contribution is 7.14. The van der Waals surface area contributed by atoms with Crippen molar-refractivity contribution < 1.29 is 14.0 Å². The second kappa shape index (κ2) is 5.31. The van der Waals surface area contributed by atoms with E-state index in [1.165, 1.54) is 16.2 Å². The molecule has 2 aliphatic heterocycles. The zero-order chi connectivity index (χ0) is 14.3. The van der Waals surface area contributed by atoms with E-state index in [9.17, 15) is 14.0 Å². The minimum atomic E-state index is -0.744. The van der Waals surface area contributed by atoms with Crippen molar-refractivity contribution in [3.63, 3.8) is 0 Å². The fourth-order valence-electron chi connectivity index (χ4n) is 2.31. The molecule has 0 atom stereocenters. The van der Waals surface area contributed by atoms with Gasteiger partial charge in [-0.3, -0.25) is 14.5 Å². The molecule has 1 aromatic rings. The Hall–Kier alpha value is -1.18. The molecule has 20 heavy (non-hydrogen) atoms. The second-order valence-corrected chi connectivity index (χ2v) is 6.55. The number of halogens is 2. The van der Waals surface area contributed by atoms with Crippen molar-refractivity contribution in [2.24, 2.45) is 0 Å². The molecule has 2 saturated heterocycles. The van der Waals surface area contributed by atoms with Gasteiger partial charge in [-0.15, -0.1) is 11.3 Å². The van der Waals surface area contributed by atoms with Crippen molar-refractivity contribution in [2.45, 2.75) is 12.2 Å². The third kappa shape index (κ3) is 2.65. The number of thiophene rings is 1. The van der Waals surface area contributed by atoms with Crippen LogP contribution in [0.25, 0.3) is 0 Å². The molecule has 0 bridgehead atoms. The average molecular weight is 318 g/mol. The summed E-state index contributed by atoms with van der Waals surface area (Å²) in [6.45, 7) is 1.85. The van der Waals surface area contributed by atoms with Gasteiger partial charge in [0, 0.05) is 37.6 Å². The molecule has 0 radical (unpaired) electrons. The van der Waals surface area contributed by atoms with Crippen molar-refractivity contribution in [1.82, 2.24) is 9.80 Å². The van der Waals surface area contributed by atoms with Crippen LogP contribution in [-0.4, -0.2) is 60.0 Å². The second-order valence-electron chi connectivity index (χ2n) is 5.01. The first-order valence-electron chi connectivity index (χ1n) is 6.25. The van der Waals surface area contributed by atoms with Crippen molar-refractivity contribution in [3.8, 4) is 0 Å². The lowest BCUT2D eigenvalue weighted by molar-refractivity contribution is -0.150. The topological polar surface area (TPSA) is 52.7 Å². The average Bonchev–Trinajstić information content (AvgIpc) is 2.70. The van der Waals surface area contributed by atoms with E-state index in [1.807, 2.05) is 4.90 Å². The largest absolute Gasteiger partial charge is 0.331 e. The number of hydrogen-bond donors (Lipinski definition) is 1. The fraction of sp³-hybridized carbons (Fsp3) is 0.500. The van der Waals surface area contributed by atoms with Crippen LogP contribution in [0.1, 0.15) is 0 Å². The van der Waals surface area contributed by atoms with E-state index in [0.717, 1.165) is 0 Å². The first kappa shape index (κ1) is 13.8.